The minimum absolute atomic E-state index is 0.00124. The highest BCUT2D eigenvalue weighted by molar-refractivity contribution is 5.89. The number of amides is 2. The van der Waals surface area contributed by atoms with Gasteiger partial charge in [0.25, 0.3) is 0 Å². The van der Waals surface area contributed by atoms with Gasteiger partial charge in [0.05, 0.1) is 18.2 Å². The van der Waals surface area contributed by atoms with Gasteiger partial charge in [0.2, 0.25) is 17.8 Å². The molecule has 3 heterocycles. The monoisotopic (exact) mass is 416 g/mol. The van der Waals surface area contributed by atoms with Crippen molar-refractivity contribution in [3.8, 4) is 0 Å². The first kappa shape index (κ1) is 20.8. The van der Waals surface area contributed by atoms with E-state index in [-0.39, 0.29) is 23.1 Å². The van der Waals surface area contributed by atoms with Gasteiger partial charge >= 0.3 is 0 Å². The van der Waals surface area contributed by atoms with Gasteiger partial charge in [0.15, 0.2) is 0 Å². The van der Waals surface area contributed by atoms with Crippen LogP contribution in [0.15, 0.2) is 0 Å². The van der Waals surface area contributed by atoms with E-state index in [0.29, 0.717) is 32.1 Å². The highest BCUT2D eigenvalue weighted by Crippen LogP contribution is 2.47. The van der Waals surface area contributed by atoms with E-state index in [1.165, 1.54) is 5.56 Å². The third kappa shape index (κ3) is 3.82. The fraction of sp³-hybridized carbons (Fsp3) is 0.714. The minimum Gasteiger partial charge on any atom is -0.383 e. The topological polar surface area (TPSA) is 99.7 Å². The number of likely N-dealkylation sites (tertiary alicyclic amines) is 1. The van der Waals surface area contributed by atoms with Crippen molar-refractivity contribution in [2.45, 2.75) is 37.5 Å². The fourth-order valence-electron chi connectivity index (χ4n) is 4.93. The number of rotatable bonds is 6. The largest absolute Gasteiger partial charge is 0.383 e. The number of carbonyl (C=O) groups excluding carboxylic acids is 2. The first-order valence-electron chi connectivity index (χ1n) is 10.8. The molecule has 2 amide bonds. The molecule has 0 aromatic carbocycles. The molecule has 1 spiro atoms. The number of nitrogens with zero attached hydrogens (tertiary/aromatic N) is 4. The molecule has 2 saturated heterocycles. The van der Waals surface area contributed by atoms with Gasteiger partial charge in [-0.1, -0.05) is 0 Å². The van der Waals surface area contributed by atoms with Crippen LogP contribution in [-0.4, -0.2) is 80.7 Å². The number of hydrogen-bond donors (Lipinski definition) is 2. The summed E-state index contributed by atoms with van der Waals surface area (Å²) in [4.78, 5) is 37.9. The van der Waals surface area contributed by atoms with Crippen LogP contribution in [0.3, 0.4) is 0 Å². The molecular weight excluding hydrogens is 384 g/mol. The van der Waals surface area contributed by atoms with Crippen LogP contribution in [-0.2, 0) is 26.2 Å². The van der Waals surface area contributed by atoms with E-state index >= 15 is 0 Å². The highest BCUT2D eigenvalue weighted by atomic mass is 16.5. The van der Waals surface area contributed by atoms with E-state index in [4.69, 9.17) is 14.7 Å². The van der Waals surface area contributed by atoms with E-state index in [0.717, 1.165) is 50.3 Å². The smallest absolute Gasteiger partial charge is 0.227 e. The molecule has 2 N–H and O–H groups in total. The quantitative estimate of drug-likeness (QED) is 0.653. The number of ether oxygens (including phenoxy) is 1. The van der Waals surface area contributed by atoms with Crippen LogP contribution in [0.5, 0.6) is 0 Å². The molecule has 9 nitrogen and oxygen atoms in total. The number of piperidine rings is 1. The predicted molar refractivity (Wildman–Crippen MR) is 114 cm³/mol. The molecule has 30 heavy (non-hydrogen) atoms. The zero-order chi connectivity index (χ0) is 21.3. The second-order valence-corrected chi connectivity index (χ2v) is 8.82. The molecule has 0 radical (unpaired) electrons. The molecule has 1 atom stereocenters. The molecule has 9 heteroatoms. The number of anilines is 2. The molecule has 1 aromatic rings. The highest BCUT2D eigenvalue weighted by Gasteiger charge is 2.45. The van der Waals surface area contributed by atoms with Gasteiger partial charge in [-0.15, -0.1) is 0 Å². The summed E-state index contributed by atoms with van der Waals surface area (Å²) >= 11 is 0. The molecule has 1 aliphatic carbocycles. The summed E-state index contributed by atoms with van der Waals surface area (Å²) in [6, 6.07) is 0. The maximum atomic E-state index is 12.8. The van der Waals surface area contributed by atoms with Gasteiger partial charge in [-0.2, -0.15) is 4.98 Å². The van der Waals surface area contributed by atoms with E-state index in [9.17, 15) is 9.59 Å². The predicted octanol–water partition coefficient (Wildman–Crippen LogP) is 0.543. The Kier molecular flexibility index (Phi) is 5.81. The maximum Gasteiger partial charge on any atom is 0.227 e. The van der Waals surface area contributed by atoms with Crippen LogP contribution in [0.2, 0.25) is 0 Å². The van der Waals surface area contributed by atoms with Gasteiger partial charge < -0.3 is 25.2 Å². The van der Waals surface area contributed by atoms with E-state index < -0.39 is 0 Å². The molecule has 2 fully saturated rings. The normalized spacial score (nSPS) is 22.2. The Morgan fingerprint density at radius 1 is 1.30 bits per heavy atom. The summed E-state index contributed by atoms with van der Waals surface area (Å²) in [5.74, 6) is 1.50. The fourth-order valence-corrected chi connectivity index (χ4v) is 4.93. The van der Waals surface area contributed by atoms with Crippen molar-refractivity contribution in [1.29, 1.82) is 0 Å². The lowest BCUT2D eigenvalue weighted by atomic mass is 9.76. The van der Waals surface area contributed by atoms with Gasteiger partial charge in [-0.25, -0.2) is 4.98 Å². The first-order chi connectivity index (χ1) is 14.4. The van der Waals surface area contributed by atoms with E-state index in [1.807, 2.05) is 23.9 Å². The van der Waals surface area contributed by atoms with Crippen LogP contribution >= 0.6 is 0 Å². The van der Waals surface area contributed by atoms with Crippen molar-refractivity contribution in [1.82, 2.24) is 20.2 Å². The molecule has 164 valence electrons. The van der Waals surface area contributed by atoms with Crippen molar-refractivity contribution < 1.29 is 14.3 Å². The SMILES string of the molecule is COCCNc1nc(N(C)C)nc2c1CCC21CCN(C(=O)C2CNC(=O)C2)CC1. The maximum absolute atomic E-state index is 12.8. The lowest BCUT2D eigenvalue weighted by Gasteiger charge is -2.40. The average Bonchev–Trinajstić information content (AvgIpc) is 3.33. The van der Waals surface area contributed by atoms with Crippen molar-refractivity contribution in [2.24, 2.45) is 5.92 Å². The molecular formula is C21H32N6O3. The number of nitrogens with one attached hydrogen (secondary N) is 2. The lowest BCUT2D eigenvalue weighted by Crippen LogP contribution is -2.47. The third-order valence-corrected chi connectivity index (χ3v) is 6.71. The molecule has 2 aliphatic heterocycles. The zero-order valence-corrected chi connectivity index (χ0v) is 18.2. The number of aromatic nitrogens is 2. The number of hydrogen-bond acceptors (Lipinski definition) is 7. The first-order valence-corrected chi connectivity index (χ1v) is 10.8. The lowest BCUT2D eigenvalue weighted by molar-refractivity contribution is -0.137. The molecule has 1 aromatic heterocycles. The van der Waals surface area contributed by atoms with Gasteiger partial charge in [0.1, 0.15) is 5.82 Å². The zero-order valence-electron chi connectivity index (χ0n) is 18.2. The Balaban J connectivity index is 1.52. The molecule has 3 aliphatic rings. The van der Waals surface area contributed by atoms with Crippen molar-refractivity contribution in [2.75, 3.05) is 64.2 Å². The van der Waals surface area contributed by atoms with Crippen LogP contribution in [0.25, 0.3) is 0 Å². The van der Waals surface area contributed by atoms with Crippen LogP contribution in [0, 0.1) is 5.92 Å². The standard InChI is InChI=1S/C21H32N6O3/c1-26(2)20-24-17-15(18(25-20)22-8-11-30-3)4-5-21(17)6-9-27(10-7-21)19(29)14-12-16(28)23-13-14/h14H,4-13H2,1-3H3,(H,23,28)(H,22,24,25). The number of methoxy groups -OCH3 is 1. The summed E-state index contributed by atoms with van der Waals surface area (Å²) in [7, 11) is 5.61. The average molecular weight is 417 g/mol. The van der Waals surface area contributed by atoms with Crippen molar-refractivity contribution >= 4 is 23.6 Å². The Labute approximate surface area is 177 Å². The second-order valence-electron chi connectivity index (χ2n) is 8.82. The van der Waals surface area contributed by atoms with Crippen LogP contribution in [0.1, 0.15) is 36.9 Å². The Morgan fingerprint density at radius 3 is 2.70 bits per heavy atom. The van der Waals surface area contributed by atoms with E-state index in [1.54, 1.807) is 7.11 Å². The Morgan fingerprint density at radius 2 is 2.07 bits per heavy atom. The van der Waals surface area contributed by atoms with E-state index in [2.05, 4.69) is 10.6 Å². The summed E-state index contributed by atoms with van der Waals surface area (Å²) in [5.41, 5.74) is 2.36. The van der Waals surface area contributed by atoms with Crippen LogP contribution in [0.4, 0.5) is 11.8 Å². The Bertz CT molecular complexity index is 819. The van der Waals surface area contributed by atoms with Gasteiger partial charge in [0, 0.05) is 64.8 Å². The third-order valence-electron chi connectivity index (χ3n) is 6.71. The molecule has 0 saturated carbocycles. The Hall–Kier alpha value is -2.42. The summed E-state index contributed by atoms with van der Waals surface area (Å²) in [6.45, 7) is 3.23. The minimum atomic E-state index is -0.207. The number of fused-ring (bicyclic) bond motifs is 2. The van der Waals surface area contributed by atoms with Crippen molar-refractivity contribution in [3.05, 3.63) is 11.3 Å². The second kappa shape index (κ2) is 8.37. The summed E-state index contributed by atoms with van der Waals surface area (Å²) < 4.78 is 5.17. The van der Waals surface area contributed by atoms with Crippen molar-refractivity contribution in [3.63, 3.8) is 0 Å². The van der Waals surface area contributed by atoms with Gasteiger partial charge in [-0.3, -0.25) is 9.59 Å². The molecule has 1 unspecified atom stereocenters. The summed E-state index contributed by atoms with van der Waals surface area (Å²) in [5, 5.41) is 6.20. The van der Waals surface area contributed by atoms with Crippen LogP contribution < -0.4 is 15.5 Å². The molecule has 0 bridgehead atoms. The molecule has 4 rings (SSSR count). The summed E-state index contributed by atoms with van der Waals surface area (Å²) in [6.07, 6.45) is 4.12. The van der Waals surface area contributed by atoms with Gasteiger partial charge in [-0.05, 0) is 25.7 Å². The number of carbonyl (C=O) groups is 2.